The number of aliphatic hydroxyl groups is 1. The smallest absolute Gasteiger partial charge is 0.295 e. The van der Waals surface area contributed by atoms with E-state index in [1.54, 1.807) is 11.0 Å². The number of rotatable bonds is 10. The van der Waals surface area contributed by atoms with Crippen molar-refractivity contribution < 1.29 is 19.4 Å². The minimum atomic E-state index is -0.645. The number of hydrogen-bond donors (Lipinski definition) is 1. The molecule has 0 radical (unpaired) electrons. The lowest BCUT2D eigenvalue weighted by Gasteiger charge is -2.29. The number of Topliss-reactive ketones (excluding diaryl/α,β-unsaturated/α-hetero) is 1. The maximum Gasteiger partial charge on any atom is 0.295 e. The summed E-state index contributed by atoms with van der Waals surface area (Å²) in [6, 6.07) is 12.5. The van der Waals surface area contributed by atoms with Crippen molar-refractivity contribution in [3.05, 3.63) is 70.3 Å². The van der Waals surface area contributed by atoms with Gasteiger partial charge in [0.15, 0.2) is 0 Å². The van der Waals surface area contributed by atoms with Crippen LogP contribution in [0.15, 0.2) is 48.0 Å². The van der Waals surface area contributed by atoms with Gasteiger partial charge in [0.2, 0.25) is 0 Å². The van der Waals surface area contributed by atoms with Crippen molar-refractivity contribution in [1.29, 1.82) is 0 Å². The average molecular weight is 479 g/mol. The van der Waals surface area contributed by atoms with E-state index in [9.17, 15) is 14.7 Å². The number of hydrogen-bond acceptors (Lipinski definition) is 5. The second-order valence-corrected chi connectivity index (χ2v) is 9.56. The van der Waals surface area contributed by atoms with E-state index in [2.05, 4.69) is 32.6 Å². The van der Waals surface area contributed by atoms with Crippen molar-refractivity contribution in [3.63, 3.8) is 0 Å². The molecule has 1 fully saturated rings. The van der Waals surface area contributed by atoms with Crippen molar-refractivity contribution in [2.75, 3.05) is 32.8 Å². The highest BCUT2D eigenvalue weighted by atomic mass is 16.5. The van der Waals surface area contributed by atoms with E-state index >= 15 is 0 Å². The normalized spacial score (nSPS) is 17.6. The van der Waals surface area contributed by atoms with Crippen molar-refractivity contribution in [1.82, 2.24) is 9.80 Å². The second kappa shape index (κ2) is 11.5. The van der Waals surface area contributed by atoms with Crippen molar-refractivity contribution in [2.24, 2.45) is 5.92 Å². The zero-order valence-corrected chi connectivity index (χ0v) is 21.8. The molecule has 1 heterocycles. The molecule has 2 aromatic rings. The van der Waals surface area contributed by atoms with Crippen LogP contribution in [-0.2, 0) is 9.59 Å². The first-order chi connectivity index (χ1) is 16.7. The van der Waals surface area contributed by atoms with Crippen molar-refractivity contribution in [2.45, 2.75) is 47.6 Å². The van der Waals surface area contributed by atoms with Crippen LogP contribution in [-0.4, -0.2) is 59.4 Å². The molecule has 188 valence electrons. The fraction of sp³-hybridized carbons (Fsp3) is 0.448. The Labute approximate surface area is 209 Å². The van der Waals surface area contributed by atoms with Gasteiger partial charge in [-0.15, -0.1) is 0 Å². The number of carbonyl (C=O) groups excluding carboxylic acids is 2. The summed E-state index contributed by atoms with van der Waals surface area (Å²) in [6.07, 6.45) is 0. The van der Waals surface area contributed by atoms with Crippen LogP contribution in [0.3, 0.4) is 0 Å². The molecule has 6 heteroatoms. The Hall–Kier alpha value is -3.12. The van der Waals surface area contributed by atoms with Crippen LogP contribution in [0, 0.1) is 19.8 Å². The number of ether oxygens (including phenoxy) is 1. The van der Waals surface area contributed by atoms with Crippen LogP contribution in [0.25, 0.3) is 5.76 Å². The average Bonchev–Trinajstić information content (AvgIpc) is 3.08. The van der Waals surface area contributed by atoms with Crippen LogP contribution in [0.5, 0.6) is 5.75 Å². The molecule has 0 aromatic heterocycles. The predicted octanol–water partition coefficient (Wildman–Crippen LogP) is 5.10. The Bertz CT molecular complexity index is 1100. The lowest BCUT2D eigenvalue weighted by Crippen LogP contribution is -2.38. The van der Waals surface area contributed by atoms with Crippen LogP contribution >= 0.6 is 0 Å². The number of likely N-dealkylation sites (N-methyl/N-ethyl adjacent to an activating group) is 1. The molecule has 35 heavy (non-hydrogen) atoms. The van der Waals surface area contributed by atoms with E-state index in [-0.39, 0.29) is 11.3 Å². The summed E-state index contributed by atoms with van der Waals surface area (Å²) >= 11 is 0. The van der Waals surface area contributed by atoms with E-state index in [0.29, 0.717) is 31.2 Å². The van der Waals surface area contributed by atoms with E-state index in [1.165, 1.54) is 0 Å². The van der Waals surface area contributed by atoms with Crippen molar-refractivity contribution in [3.8, 4) is 5.75 Å². The van der Waals surface area contributed by atoms with Crippen LogP contribution in [0.2, 0.25) is 0 Å². The molecule has 3 rings (SSSR count). The molecule has 0 spiro atoms. The molecule has 2 aromatic carbocycles. The van der Waals surface area contributed by atoms with Gasteiger partial charge in [0.05, 0.1) is 18.2 Å². The zero-order valence-electron chi connectivity index (χ0n) is 21.8. The monoisotopic (exact) mass is 478 g/mol. The molecule has 6 nitrogen and oxygen atoms in total. The van der Waals surface area contributed by atoms with Crippen LogP contribution in [0.1, 0.15) is 56.0 Å². The molecule has 1 aliphatic heterocycles. The van der Waals surface area contributed by atoms with Crippen molar-refractivity contribution >= 4 is 17.4 Å². The van der Waals surface area contributed by atoms with E-state index in [4.69, 9.17) is 4.74 Å². The van der Waals surface area contributed by atoms with Gasteiger partial charge in [0, 0.05) is 18.7 Å². The summed E-state index contributed by atoms with van der Waals surface area (Å²) < 4.78 is 5.86. The quantitative estimate of drug-likeness (QED) is 0.292. The number of carbonyl (C=O) groups is 2. The number of amides is 1. The summed E-state index contributed by atoms with van der Waals surface area (Å²) in [7, 11) is 0. The lowest BCUT2D eigenvalue weighted by atomic mass is 9.92. The number of benzene rings is 2. The van der Waals surface area contributed by atoms with Gasteiger partial charge in [0.1, 0.15) is 11.5 Å². The van der Waals surface area contributed by atoms with E-state index < -0.39 is 17.7 Å². The summed E-state index contributed by atoms with van der Waals surface area (Å²) in [5.41, 5.74) is 3.31. The fourth-order valence-corrected chi connectivity index (χ4v) is 4.49. The first kappa shape index (κ1) is 26.5. The maximum absolute atomic E-state index is 13.3. The summed E-state index contributed by atoms with van der Waals surface area (Å²) in [5.74, 6) is -0.233. The topological polar surface area (TPSA) is 70.1 Å². The highest BCUT2D eigenvalue weighted by Gasteiger charge is 2.46. The molecule has 0 bridgehead atoms. The predicted molar refractivity (Wildman–Crippen MR) is 139 cm³/mol. The number of aliphatic hydroxyl groups excluding tert-OH is 1. The van der Waals surface area contributed by atoms with E-state index in [1.807, 2.05) is 50.2 Å². The number of aryl methyl sites for hydroxylation is 2. The number of nitrogens with zero attached hydrogens (tertiary/aromatic N) is 2. The molecule has 1 atom stereocenters. The Kier molecular flexibility index (Phi) is 8.73. The standard InChI is InChI=1S/C29H38N2O4/c1-7-30(8-2)15-16-31-26(23-12-10-9-11-20(23)5)25(28(33)29(31)34)27(32)22-13-14-24(21(6)17-22)35-18-19(3)4/h9-14,17,19,26,32H,7-8,15-16,18H2,1-6H3/b27-25+. The molecule has 1 saturated heterocycles. The molecule has 1 aliphatic rings. The SMILES string of the molecule is CCN(CC)CCN1C(=O)C(=O)/C(=C(/O)c2ccc(OCC(C)C)c(C)c2)C1c1ccccc1C. The Balaban J connectivity index is 2.07. The summed E-state index contributed by atoms with van der Waals surface area (Å²) in [6.45, 7) is 15.6. The largest absolute Gasteiger partial charge is 0.507 e. The third-order valence-electron chi connectivity index (χ3n) is 6.60. The summed E-state index contributed by atoms with van der Waals surface area (Å²) in [4.78, 5) is 30.3. The fourth-order valence-electron chi connectivity index (χ4n) is 4.49. The van der Waals surface area contributed by atoms with Gasteiger partial charge in [-0.25, -0.2) is 0 Å². The van der Waals surface area contributed by atoms with Gasteiger partial charge in [-0.2, -0.15) is 0 Å². The molecule has 1 amide bonds. The molecular formula is C29H38N2O4. The highest BCUT2D eigenvalue weighted by Crippen LogP contribution is 2.40. The highest BCUT2D eigenvalue weighted by molar-refractivity contribution is 6.46. The van der Waals surface area contributed by atoms with Crippen LogP contribution < -0.4 is 4.74 Å². The van der Waals surface area contributed by atoms with Gasteiger partial charge in [-0.3, -0.25) is 9.59 Å². The molecule has 0 saturated carbocycles. The van der Waals surface area contributed by atoms with Gasteiger partial charge in [-0.1, -0.05) is 52.0 Å². The molecule has 0 aliphatic carbocycles. The molecule has 1 N–H and O–H groups in total. The third-order valence-corrected chi connectivity index (χ3v) is 6.60. The Morgan fingerprint density at radius 2 is 1.74 bits per heavy atom. The zero-order chi connectivity index (χ0) is 25.7. The Morgan fingerprint density at radius 3 is 2.34 bits per heavy atom. The molecule has 1 unspecified atom stereocenters. The number of ketones is 1. The van der Waals surface area contributed by atoms with Gasteiger partial charge < -0.3 is 19.6 Å². The minimum Gasteiger partial charge on any atom is -0.507 e. The first-order valence-corrected chi connectivity index (χ1v) is 12.5. The van der Waals surface area contributed by atoms with E-state index in [0.717, 1.165) is 35.5 Å². The van der Waals surface area contributed by atoms with Gasteiger partial charge >= 0.3 is 0 Å². The minimum absolute atomic E-state index is 0.138. The third kappa shape index (κ3) is 5.76. The van der Waals surface area contributed by atoms with Gasteiger partial charge in [-0.05, 0) is 67.7 Å². The summed E-state index contributed by atoms with van der Waals surface area (Å²) in [5, 5.41) is 11.4. The maximum atomic E-state index is 13.3. The lowest BCUT2D eigenvalue weighted by molar-refractivity contribution is -0.140. The Morgan fingerprint density at radius 1 is 1.06 bits per heavy atom. The van der Waals surface area contributed by atoms with Gasteiger partial charge in [0.25, 0.3) is 11.7 Å². The molecular weight excluding hydrogens is 440 g/mol. The number of likely N-dealkylation sites (tertiary alicyclic amines) is 1. The van der Waals surface area contributed by atoms with Crippen LogP contribution in [0.4, 0.5) is 0 Å². The first-order valence-electron chi connectivity index (χ1n) is 12.5. The second-order valence-electron chi connectivity index (χ2n) is 9.56.